The van der Waals surface area contributed by atoms with Crippen LogP contribution in [0.4, 0.5) is 0 Å². The Bertz CT molecular complexity index is 669. The molecule has 0 saturated heterocycles. The maximum absolute atomic E-state index is 12.3. The smallest absolute Gasteiger partial charge is 0.372 e. The van der Waals surface area contributed by atoms with E-state index < -0.39 is 5.97 Å². The summed E-state index contributed by atoms with van der Waals surface area (Å²) in [4.78, 5) is 23.3. The summed E-state index contributed by atoms with van der Waals surface area (Å²) in [6.07, 6.45) is 0.290. The summed E-state index contributed by atoms with van der Waals surface area (Å²) in [5.41, 5.74) is 0.0158. The highest BCUT2D eigenvalue weighted by Gasteiger charge is 2.20. The molecule has 0 radical (unpaired) electrons. The second kappa shape index (κ2) is 4.52. The fourth-order valence-electron chi connectivity index (χ4n) is 1.91. The van der Waals surface area contributed by atoms with Crippen LogP contribution in [0.15, 0.2) is 27.4 Å². The first-order valence-corrected chi connectivity index (χ1v) is 5.46. The minimum Gasteiger partial charge on any atom is -0.496 e. The molecule has 1 aromatic carbocycles. The Hall–Kier alpha value is -2.30. The summed E-state index contributed by atoms with van der Waals surface area (Å²) in [6, 6.07) is 4.83. The molecule has 1 aromatic heterocycles. The van der Waals surface area contributed by atoms with Gasteiger partial charge in [0.05, 0.1) is 12.7 Å². The number of hydrogen-bond acceptors (Lipinski definition) is 4. The summed E-state index contributed by atoms with van der Waals surface area (Å²) in [6.45, 7) is 1.71. The van der Waals surface area contributed by atoms with Crippen LogP contribution in [0.25, 0.3) is 11.0 Å². The zero-order valence-corrected chi connectivity index (χ0v) is 10.0. The van der Waals surface area contributed by atoms with Crippen LogP contribution in [0.3, 0.4) is 0 Å². The van der Waals surface area contributed by atoms with Gasteiger partial charge in [-0.15, -0.1) is 0 Å². The number of rotatable bonds is 3. The van der Waals surface area contributed by atoms with Gasteiger partial charge in [-0.2, -0.15) is 0 Å². The molecular formula is C13H12O5. The average molecular weight is 248 g/mol. The SMILES string of the molecule is CCc1c(C(=O)O)oc2cccc(OC)c2c1=O. The highest BCUT2D eigenvalue weighted by molar-refractivity contribution is 5.91. The summed E-state index contributed by atoms with van der Waals surface area (Å²) in [5, 5.41) is 9.32. The second-order valence-electron chi connectivity index (χ2n) is 3.73. The van der Waals surface area contributed by atoms with Crippen molar-refractivity contribution in [1.29, 1.82) is 0 Å². The summed E-state index contributed by atoms with van der Waals surface area (Å²) >= 11 is 0. The van der Waals surface area contributed by atoms with Gasteiger partial charge in [0.25, 0.3) is 0 Å². The van der Waals surface area contributed by atoms with Gasteiger partial charge in [-0.25, -0.2) is 4.79 Å². The number of fused-ring (bicyclic) bond motifs is 1. The molecule has 0 fully saturated rings. The standard InChI is InChI=1S/C13H12O5/c1-3-7-11(14)10-8(17-2)5-4-6-9(10)18-12(7)13(15)16/h4-6H,3H2,1-2H3,(H,15,16). The number of ether oxygens (including phenoxy) is 1. The number of carbonyl (C=O) groups is 1. The highest BCUT2D eigenvalue weighted by Crippen LogP contribution is 2.24. The molecule has 5 nitrogen and oxygen atoms in total. The predicted molar refractivity (Wildman–Crippen MR) is 65.4 cm³/mol. The average Bonchev–Trinajstić information content (AvgIpc) is 2.37. The van der Waals surface area contributed by atoms with Crippen LogP contribution in [0.1, 0.15) is 23.0 Å². The molecule has 0 bridgehead atoms. The molecule has 2 rings (SSSR count). The Kier molecular flexibility index (Phi) is 3.06. The number of hydrogen-bond donors (Lipinski definition) is 1. The van der Waals surface area contributed by atoms with Crippen LogP contribution in [0.2, 0.25) is 0 Å². The molecule has 94 valence electrons. The molecule has 18 heavy (non-hydrogen) atoms. The first kappa shape index (κ1) is 12.2. The fourth-order valence-corrected chi connectivity index (χ4v) is 1.91. The predicted octanol–water partition coefficient (Wildman–Crippen LogP) is 2.06. The van der Waals surface area contributed by atoms with Gasteiger partial charge >= 0.3 is 5.97 Å². The van der Waals surface area contributed by atoms with Gasteiger partial charge in [-0.05, 0) is 18.6 Å². The normalized spacial score (nSPS) is 10.6. The molecule has 2 aromatic rings. The Balaban J connectivity index is 2.96. The lowest BCUT2D eigenvalue weighted by atomic mass is 10.1. The van der Waals surface area contributed by atoms with Crippen molar-refractivity contribution in [2.45, 2.75) is 13.3 Å². The lowest BCUT2D eigenvalue weighted by molar-refractivity contribution is 0.0661. The van der Waals surface area contributed by atoms with Crippen molar-refractivity contribution in [1.82, 2.24) is 0 Å². The van der Waals surface area contributed by atoms with Crippen LogP contribution in [-0.2, 0) is 6.42 Å². The number of benzene rings is 1. The van der Waals surface area contributed by atoms with E-state index in [2.05, 4.69) is 0 Å². The Morgan fingerprint density at radius 2 is 2.17 bits per heavy atom. The summed E-state index contributed by atoms with van der Waals surface area (Å²) in [7, 11) is 1.45. The van der Waals surface area contributed by atoms with E-state index in [1.165, 1.54) is 7.11 Å². The molecule has 0 saturated carbocycles. The van der Waals surface area contributed by atoms with Gasteiger partial charge in [0, 0.05) is 0 Å². The lowest BCUT2D eigenvalue weighted by Crippen LogP contribution is -2.15. The Labute approximate surface area is 103 Å². The van der Waals surface area contributed by atoms with Crippen molar-refractivity contribution in [2.24, 2.45) is 0 Å². The van der Waals surface area contributed by atoms with E-state index in [1.807, 2.05) is 0 Å². The second-order valence-corrected chi connectivity index (χ2v) is 3.73. The fraction of sp³-hybridized carbons (Fsp3) is 0.231. The molecule has 1 N–H and O–H groups in total. The number of aromatic carboxylic acids is 1. The maximum Gasteiger partial charge on any atom is 0.372 e. The van der Waals surface area contributed by atoms with Crippen LogP contribution in [-0.4, -0.2) is 18.2 Å². The van der Waals surface area contributed by atoms with Gasteiger partial charge in [0.2, 0.25) is 11.2 Å². The summed E-state index contributed by atoms with van der Waals surface area (Å²) < 4.78 is 10.4. The minimum absolute atomic E-state index is 0.152. The van der Waals surface area contributed by atoms with E-state index in [4.69, 9.17) is 14.3 Å². The van der Waals surface area contributed by atoms with E-state index in [1.54, 1.807) is 25.1 Å². The Morgan fingerprint density at radius 1 is 1.44 bits per heavy atom. The van der Waals surface area contributed by atoms with Crippen molar-refractivity contribution in [3.8, 4) is 5.75 Å². The minimum atomic E-state index is -1.24. The van der Waals surface area contributed by atoms with Gasteiger partial charge in [-0.1, -0.05) is 13.0 Å². The van der Waals surface area contributed by atoms with E-state index >= 15 is 0 Å². The largest absolute Gasteiger partial charge is 0.496 e. The Morgan fingerprint density at radius 3 is 2.72 bits per heavy atom. The van der Waals surface area contributed by atoms with Gasteiger partial charge in [0.15, 0.2) is 0 Å². The number of carboxylic acids is 1. The van der Waals surface area contributed by atoms with E-state index in [0.717, 1.165) is 0 Å². The highest BCUT2D eigenvalue weighted by atomic mass is 16.5. The zero-order valence-electron chi connectivity index (χ0n) is 10.0. The molecule has 0 atom stereocenters. The van der Waals surface area contributed by atoms with Crippen molar-refractivity contribution in [3.63, 3.8) is 0 Å². The van der Waals surface area contributed by atoms with Crippen molar-refractivity contribution >= 4 is 16.9 Å². The van der Waals surface area contributed by atoms with E-state index in [0.29, 0.717) is 5.75 Å². The number of carboxylic acid groups (broad SMARTS) is 1. The third kappa shape index (κ3) is 1.73. The van der Waals surface area contributed by atoms with Crippen LogP contribution >= 0.6 is 0 Å². The van der Waals surface area contributed by atoms with Crippen LogP contribution in [0.5, 0.6) is 5.75 Å². The van der Waals surface area contributed by atoms with Gasteiger partial charge < -0.3 is 14.3 Å². The van der Waals surface area contributed by atoms with Crippen LogP contribution in [0, 0.1) is 0 Å². The number of methoxy groups -OCH3 is 1. The van der Waals surface area contributed by atoms with Crippen molar-refractivity contribution < 1.29 is 19.1 Å². The zero-order chi connectivity index (χ0) is 13.3. The van der Waals surface area contributed by atoms with Gasteiger partial charge in [-0.3, -0.25) is 4.79 Å². The molecular weight excluding hydrogens is 236 g/mol. The molecule has 0 spiro atoms. The first-order chi connectivity index (χ1) is 8.60. The lowest BCUT2D eigenvalue weighted by Gasteiger charge is -2.07. The third-order valence-corrected chi connectivity index (χ3v) is 2.74. The van der Waals surface area contributed by atoms with Crippen molar-refractivity contribution in [3.05, 3.63) is 39.7 Å². The molecule has 5 heteroatoms. The van der Waals surface area contributed by atoms with Crippen molar-refractivity contribution in [2.75, 3.05) is 7.11 Å². The maximum atomic E-state index is 12.3. The van der Waals surface area contributed by atoms with Crippen LogP contribution < -0.4 is 10.2 Å². The quantitative estimate of drug-likeness (QED) is 0.899. The molecule has 0 aliphatic heterocycles. The molecule has 0 amide bonds. The van der Waals surface area contributed by atoms with Gasteiger partial charge in [0.1, 0.15) is 16.7 Å². The summed E-state index contributed by atoms with van der Waals surface area (Å²) in [5.74, 6) is -1.16. The monoisotopic (exact) mass is 248 g/mol. The molecule has 0 aliphatic carbocycles. The third-order valence-electron chi connectivity index (χ3n) is 2.74. The van der Waals surface area contributed by atoms with E-state index in [-0.39, 0.29) is 34.1 Å². The molecule has 0 unspecified atom stereocenters. The molecule has 1 heterocycles. The van der Waals surface area contributed by atoms with E-state index in [9.17, 15) is 9.59 Å². The first-order valence-electron chi connectivity index (χ1n) is 5.46. The topological polar surface area (TPSA) is 76.7 Å². The molecule has 0 aliphatic rings.